The Labute approximate surface area is 97.0 Å². The van der Waals surface area contributed by atoms with Crippen LogP contribution in [0.3, 0.4) is 0 Å². The summed E-state index contributed by atoms with van der Waals surface area (Å²) < 4.78 is 10.7. The van der Waals surface area contributed by atoms with Gasteiger partial charge >= 0.3 is 0 Å². The highest BCUT2D eigenvalue weighted by atomic mass is 16.5. The third-order valence-electron chi connectivity index (χ3n) is 2.59. The van der Waals surface area contributed by atoms with E-state index in [4.69, 9.17) is 9.47 Å². The molecule has 16 heavy (non-hydrogen) atoms. The first-order chi connectivity index (χ1) is 7.74. The number of para-hydroxylation sites is 1. The molecule has 0 aliphatic heterocycles. The maximum atomic E-state index is 10.2. The number of hydrogen-bond donors (Lipinski definition) is 1. The van der Waals surface area contributed by atoms with E-state index in [-0.39, 0.29) is 6.10 Å². The van der Waals surface area contributed by atoms with E-state index in [2.05, 4.69) is 0 Å². The minimum absolute atomic E-state index is 0.179. The number of ether oxygens (including phenoxy) is 2. The van der Waals surface area contributed by atoms with Gasteiger partial charge in [-0.1, -0.05) is 25.1 Å². The molecule has 0 bridgehead atoms. The number of rotatable bonds is 6. The molecular formula is C13H20O3. The van der Waals surface area contributed by atoms with Gasteiger partial charge in [-0.05, 0) is 19.4 Å². The van der Waals surface area contributed by atoms with Crippen LogP contribution in [0.1, 0.15) is 31.9 Å². The molecule has 0 aromatic heterocycles. The fourth-order valence-corrected chi connectivity index (χ4v) is 1.76. The van der Waals surface area contributed by atoms with Crippen LogP contribution in [0.2, 0.25) is 0 Å². The van der Waals surface area contributed by atoms with Crippen molar-refractivity contribution in [3.63, 3.8) is 0 Å². The van der Waals surface area contributed by atoms with Crippen molar-refractivity contribution < 1.29 is 14.6 Å². The molecule has 3 nitrogen and oxygen atoms in total. The Morgan fingerprint density at radius 2 is 1.94 bits per heavy atom. The highest BCUT2D eigenvalue weighted by Crippen LogP contribution is 2.29. The summed E-state index contributed by atoms with van der Waals surface area (Å²) in [5.41, 5.74) is 0.783. The van der Waals surface area contributed by atoms with Gasteiger partial charge in [0.05, 0.1) is 13.2 Å². The summed E-state index contributed by atoms with van der Waals surface area (Å²) in [6, 6.07) is 7.48. The summed E-state index contributed by atoms with van der Waals surface area (Å²) in [7, 11) is 1.60. The summed E-state index contributed by atoms with van der Waals surface area (Å²) >= 11 is 0. The average molecular weight is 224 g/mol. The van der Waals surface area contributed by atoms with Gasteiger partial charge in [0.25, 0.3) is 0 Å². The highest BCUT2D eigenvalue weighted by molar-refractivity contribution is 5.35. The van der Waals surface area contributed by atoms with Crippen molar-refractivity contribution in [1.82, 2.24) is 0 Å². The second-order valence-electron chi connectivity index (χ2n) is 3.59. The summed E-state index contributed by atoms with van der Waals surface area (Å²) in [6.45, 7) is 4.53. The number of aliphatic hydroxyl groups is 1. The quantitative estimate of drug-likeness (QED) is 0.807. The van der Waals surface area contributed by atoms with Gasteiger partial charge in [0.1, 0.15) is 11.9 Å². The molecule has 0 aliphatic carbocycles. The van der Waals surface area contributed by atoms with Gasteiger partial charge in [-0.15, -0.1) is 0 Å². The van der Waals surface area contributed by atoms with Crippen LogP contribution in [0.15, 0.2) is 24.3 Å². The van der Waals surface area contributed by atoms with E-state index in [1.165, 1.54) is 0 Å². The predicted octanol–water partition coefficient (Wildman–Crippen LogP) is 2.54. The Balaban J connectivity index is 2.88. The minimum Gasteiger partial charge on any atom is -0.496 e. The Morgan fingerprint density at radius 1 is 1.25 bits per heavy atom. The first-order valence-corrected chi connectivity index (χ1v) is 5.67. The molecule has 0 amide bonds. The van der Waals surface area contributed by atoms with Crippen molar-refractivity contribution >= 4 is 0 Å². The van der Waals surface area contributed by atoms with Crippen molar-refractivity contribution in [2.45, 2.75) is 32.5 Å². The smallest absolute Gasteiger partial charge is 0.124 e. The van der Waals surface area contributed by atoms with Crippen LogP contribution < -0.4 is 4.74 Å². The normalized spacial score (nSPS) is 14.5. The van der Waals surface area contributed by atoms with Crippen LogP contribution in [0.25, 0.3) is 0 Å². The molecule has 1 rings (SSSR count). The van der Waals surface area contributed by atoms with E-state index in [1.807, 2.05) is 38.1 Å². The first kappa shape index (κ1) is 13.0. The van der Waals surface area contributed by atoms with Crippen molar-refractivity contribution in [2.75, 3.05) is 13.7 Å². The van der Waals surface area contributed by atoms with Gasteiger partial charge in [0, 0.05) is 12.2 Å². The molecule has 0 saturated heterocycles. The second kappa shape index (κ2) is 6.51. The van der Waals surface area contributed by atoms with Crippen molar-refractivity contribution in [3.05, 3.63) is 29.8 Å². The Bertz CT molecular complexity index is 312. The zero-order chi connectivity index (χ0) is 12.0. The van der Waals surface area contributed by atoms with Crippen LogP contribution in [0.5, 0.6) is 5.75 Å². The summed E-state index contributed by atoms with van der Waals surface area (Å²) in [5.74, 6) is 0.702. The molecule has 0 saturated carbocycles. The lowest BCUT2D eigenvalue weighted by atomic mass is 10.0. The predicted molar refractivity (Wildman–Crippen MR) is 63.7 cm³/mol. The molecule has 0 spiro atoms. The van der Waals surface area contributed by atoms with Gasteiger partial charge in [0.2, 0.25) is 0 Å². The molecule has 2 atom stereocenters. The number of aliphatic hydroxyl groups excluding tert-OH is 1. The molecule has 3 heteroatoms. The molecule has 1 aromatic carbocycles. The van der Waals surface area contributed by atoms with Crippen LogP contribution in [0, 0.1) is 0 Å². The van der Waals surface area contributed by atoms with E-state index in [0.717, 1.165) is 12.0 Å². The Morgan fingerprint density at radius 3 is 2.50 bits per heavy atom. The standard InChI is InChI=1S/C13H20O3/c1-4-11(16-5-2)13(14)10-8-6-7-9-12(10)15-3/h6-9,11,13-14H,4-5H2,1-3H3. The lowest BCUT2D eigenvalue weighted by Crippen LogP contribution is -2.22. The minimum atomic E-state index is -0.638. The molecular weight excluding hydrogens is 204 g/mol. The average Bonchev–Trinajstić information content (AvgIpc) is 2.35. The number of hydrogen-bond acceptors (Lipinski definition) is 3. The largest absolute Gasteiger partial charge is 0.496 e. The van der Waals surface area contributed by atoms with Crippen LogP contribution in [-0.4, -0.2) is 24.9 Å². The third kappa shape index (κ3) is 2.97. The van der Waals surface area contributed by atoms with Crippen LogP contribution >= 0.6 is 0 Å². The Kier molecular flexibility index (Phi) is 5.29. The van der Waals surface area contributed by atoms with Gasteiger partial charge in [-0.3, -0.25) is 0 Å². The van der Waals surface area contributed by atoms with E-state index in [9.17, 15) is 5.11 Å². The molecule has 0 heterocycles. The van der Waals surface area contributed by atoms with Crippen molar-refractivity contribution in [1.29, 1.82) is 0 Å². The zero-order valence-corrected chi connectivity index (χ0v) is 10.1. The van der Waals surface area contributed by atoms with Gasteiger partial charge in [0.15, 0.2) is 0 Å². The monoisotopic (exact) mass is 224 g/mol. The van der Waals surface area contributed by atoms with E-state index < -0.39 is 6.10 Å². The highest BCUT2D eigenvalue weighted by Gasteiger charge is 2.22. The molecule has 2 unspecified atom stereocenters. The topological polar surface area (TPSA) is 38.7 Å². The van der Waals surface area contributed by atoms with E-state index in [0.29, 0.717) is 12.4 Å². The summed E-state index contributed by atoms with van der Waals surface area (Å²) in [5, 5.41) is 10.2. The SMILES string of the molecule is CCOC(CC)C(O)c1ccccc1OC. The fourth-order valence-electron chi connectivity index (χ4n) is 1.76. The van der Waals surface area contributed by atoms with Crippen molar-refractivity contribution in [3.8, 4) is 5.75 Å². The number of methoxy groups -OCH3 is 1. The lowest BCUT2D eigenvalue weighted by molar-refractivity contribution is -0.0363. The fraction of sp³-hybridized carbons (Fsp3) is 0.538. The lowest BCUT2D eigenvalue weighted by Gasteiger charge is -2.23. The summed E-state index contributed by atoms with van der Waals surface area (Å²) in [4.78, 5) is 0. The molecule has 0 radical (unpaired) electrons. The maximum absolute atomic E-state index is 10.2. The second-order valence-corrected chi connectivity index (χ2v) is 3.59. The van der Waals surface area contributed by atoms with Gasteiger partial charge in [-0.25, -0.2) is 0 Å². The molecule has 1 N–H and O–H groups in total. The first-order valence-electron chi connectivity index (χ1n) is 5.67. The van der Waals surface area contributed by atoms with Gasteiger partial charge in [-0.2, -0.15) is 0 Å². The van der Waals surface area contributed by atoms with Gasteiger partial charge < -0.3 is 14.6 Å². The van der Waals surface area contributed by atoms with Crippen LogP contribution in [-0.2, 0) is 4.74 Å². The molecule has 0 aliphatic rings. The Hall–Kier alpha value is -1.06. The molecule has 90 valence electrons. The van der Waals surface area contributed by atoms with E-state index in [1.54, 1.807) is 7.11 Å². The van der Waals surface area contributed by atoms with Crippen molar-refractivity contribution in [2.24, 2.45) is 0 Å². The maximum Gasteiger partial charge on any atom is 0.124 e. The molecule has 1 aromatic rings. The third-order valence-corrected chi connectivity index (χ3v) is 2.59. The zero-order valence-electron chi connectivity index (χ0n) is 10.1. The molecule has 0 fully saturated rings. The summed E-state index contributed by atoms with van der Waals surface area (Å²) in [6.07, 6.45) is -0.0463. The van der Waals surface area contributed by atoms with Crippen LogP contribution in [0.4, 0.5) is 0 Å². The number of benzene rings is 1. The van der Waals surface area contributed by atoms with E-state index >= 15 is 0 Å².